The SMILES string of the molecule is N#Cc1ccccc1S(=O)(=O)N1CCN(C(=O)c2c(F)cccc2Cl)CC1. The first-order valence-electron chi connectivity index (χ1n) is 8.09. The number of carbonyl (C=O) groups excluding carboxylic acids is 1. The zero-order valence-corrected chi connectivity index (χ0v) is 15.7. The molecule has 0 unspecified atom stereocenters. The minimum absolute atomic E-state index is 0.0120. The van der Waals surface area contributed by atoms with Crippen molar-refractivity contribution in [2.75, 3.05) is 26.2 Å². The van der Waals surface area contributed by atoms with E-state index in [1.807, 2.05) is 6.07 Å². The molecule has 1 aliphatic heterocycles. The van der Waals surface area contributed by atoms with Gasteiger partial charge in [0.05, 0.1) is 21.0 Å². The lowest BCUT2D eigenvalue weighted by Gasteiger charge is -2.34. The summed E-state index contributed by atoms with van der Waals surface area (Å²) in [7, 11) is -3.86. The lowest BCUT2D eigenvalue weighted by molar-refractivity contribution is 0.0693. The first kappa shape index (κ1) is 19.3. The molecule has 9 heteroatoms. The number of halogens is 2. The van der Waals surface area contributed by atoms with Gasteiger partial charge in [0.1, 0.15) is 11.9 Å². The molecule has 0 N–H and O–H groups in total. The van der Waals surface area contributed by atoms with Gasteiger partial charge in [0, 0.05) is 26.2 Å². The molecule has 0 spiro atoms. The summed E-state index contributed by atoms with van der Waals surface area (Å²) in [6.45, 7) is 0.273. The molecule has 1 fully saturated rings. The molecule has 0 aromatic heterocycles. The molecule has 0 aliphatic carbocycles. The molecule has 0 atom stereocenters. The van der Waals surface area contributed by atoms with E-state index < -0.39 is 21.7 Å². The third-order valence-electron chi connectivity index (χ3n) is 4.33. The smallest absolute Gasteiger partial charge is 0.258 e. The highest BCUT2D eigenvalue weighted by molar-refractivity contribution is 7.89. The van der Waals surface area contributed by atoms with Crippen molar-refractivity contribution in [3.8, 4) is 6.07 Å². The van der Waals surface area contributed by atoms with Crippen LogP contribution >= 0.6 is 11.6 Å². The molecule has 2 aromatic carbocycles. The lowest BCUT2D eigenvalue weighted by atomic mass is 10.1. The molecule has 1 aliphatic rings. The topological polar surface area (TPSA) is 81.5 Å². The van der Waals surface area contributed by atoms with Crippen LogP contribution in [0, 0.1) is 17.1 Å². The normalized spacial score (nSPS) is 15.4. The Morgan fingerprint density at radius 2 is 1.74 bits per heavy atom. The van der Waals surface area contributed by atoms with Gasteiger partial charge < -0.3 is 4.90 Å². The Kier molecular flexibility index (Phi) is 5.46. The highest BCUT2D eigenvalue weighted by Crippen LogP contribution is 2.24. The molecule has 6 nitrogen and oxygen atoms in total. The second kappa shape index (κ2) is 7.64. The minimum Gasteiger partial charge on any atom is -0.336 e. The summed E-state index contributed by atoms with van der Waals surface area (Å²) >= 11 is 5.93. The summed E-state index contributed by atoms with van der Waals surface area (Å²) in [5.41, 5.74) is -0.153. The number of benzene rings is 2. The standard InChI is InChI=1S/C18H15ClFN3O3S/c19-14-5-3-6-15(20)17(14)18(24)22-8-10-23(11-9-22)27(25,26)16-7-2-1-4-13(16)12-21/h1-7H,8-11H2. The number of rotatable bonds is 3. The maximum absolute atomic E-state index is 14.0. The first-order chi connectivity index (χ1) is 12.9. The van der Waals surface area contributed by atoms with Gasteiger partial charge in [0.2, 0.25) is 10.0 Å². The van der Waals surface area contributed by atoms with Gasteiger partial charge in [-0.3, -0.25) is 4.79 Å². The van der Waals surface area contributed by atoms with E-state index in [0.29, 0.717) is 0 Å². The van der Waals surface area contributed by atoms with Gasteiger partial charge in [-0.05, 0) is 24.3 Å². The Hall–Kier alpha value is -2.47. The maximum Gasteiger partial charge on any atom is 0.258 e. The lowest BCUT2D eigenvalue weighted by Crippen LogP contribution is -2.50. The molecule has 0 radical (unpaired) electrons. The summed E-state index contributed by atoms with van der Waals surface area (Å²) in [4.78, 5) is 13.9. The number of piperazine rings is 1. The van der Waals surface area contributed by atoms with Crippen LogP contribution in [0.25, 0.3) is 0 Å². The average Bonchev–Trinajstić information content (AvgIpc) is 2.67. The van der Waals surface area contributed by atoms with E-state index in [4.69, 9.17) is 16.9 Å². The predicted octanol–water partition coefficient (Wildman–Crippen LogP) is 2.50. The number of hydrogen-bond donors (Lipinski definition) is 0. The minimum atomic E-state index is -3.86. The van der Waals surface area contributed by atoms with E-state index in [0.717, 1.165) is 6.07 Å². The summed E-state index contributed by atoms with van der Waals surface area (Å²) in [6.07, 6.45) is 0. The molecule has 1 saturated heterocycles. The third-order valence-corrected chi connectivity index (χ3v) is 6.60. The molecule has 0 bridgehead atoms. The van der Waals surface area contributed by atoms with Gasteiger partial charge in [-0.1, -0.05) is 29.8 Å². The second-order valence-electron chi connectivity index (χ2n) is 5.90. The summed E-state index contributed by atoms with van der Waals surface area (Å²) in [5, 5.41) is 9.15. The fourth-order valence-electron chi connectivity index (χ4n) is 2.91. The number of nitrogens with zero attached hydrogens (tertiary/aromatic N) is 3. The molecule has 2 aromatic rings. The molecule has 0 saturated carbocycles. The molecule has 140 valence electrons. The van der Waals surface area contributed by atoms with Crippen molar-refractivity contribution >= 4 is 27.5 Å². The first-order valence-corrected chi connectivity index (χ1v) is 9.90. The van der Waals surface area contributed by atoms with Crippen LogP contribution in [0.4, 0.5) is 4.39 Å². The van der Waals surface area contributed by atoms with Crippen LogP contribution in [0.1, 0.15) is 15.9 Å². The van der Waals surface area contributed by atoms with E-state index in [9.17, 15) is 17.6 Å². The van der Waals surface area contributed by atoms with Crippen molar-refractivity contribution in [1.29, 1.82) is 5.26 Å². The van der Waals surface area contributed by atoms with E-state index in [1.54, 1.807) is 12.1 Å². The maximum atomic E-state index is 14.0. The van der Waals surface area contributed by atoms with E-state index in [-0.39, 0.29) is 47.2 Å². The van der Waals surface area contributed by atoms with E-state index in [1.165, 1.54) is 33.5 Å². The van der Waals surface area contributed by atoms with E-state index in [2.05, 4.69) is 0 Å². The second-order valence-corrected chi connectivity index (χ2v) is 8.21. The quantitative estimate of drug-likeness (QED) is 0.782. The predicted molar refractivity (Wildman–Crippen MR) is 97.2 cm³/mol. The van der Waals surface area contributed by atoms with Gasteiger partial charge in [-0.15, -0.1) is 0 Å². The van der Waals surface area contributed by atoms with Gasteiger partial charge in [-0.2, -0.15) is 9.57 Å². The summed E-state index contributed by atoms with van der Waals surface area (Å²) in [6, 6.07) is 11.8. The van der Waals surface area contributed by atoms with Crippen LogP contribution in [0.2, 0.25) is 5.02 Å². The Morgan fingerprint density at radius 3 is 2.37 bits per heavy atom. The highest BCUT2D eigenvalue weighted by atomic mass is 35.5. The van der Waals surface area contributed by atoms with E-state index >= 15 is 0 Å². The molecule has 27 heavy (non-hydrogen) atoms. The number of sulfonamides is 1. The zero-order chi connectivity index (χ0) is 19.6. The Morgan fingerprint density at radius 1 is 1.07 bits per heavy atom. The molecular formula is C18H15ClFN3O3S. The number of amides is 1. The summed E-state index contributed by atoms with van der Waals surface area (Å²) < 4.78 is 40.8. The Labute approximate surface area is 161 Å². The van der Waals surface area contributed by atoms with Crippen molar-refractivity contribution in [3.05, 3.63) is 64.4 Å². The van der Waals surface area contributed by atoms with Gasteiger partial charge in [0.15, 0.2) is 0 Å². The van der Waals surface area contributed by atoms with Crippen LogP contribution in [-0.2, 0) is 10.0 Å². The molecular weight excluding hydrogens is 393 g/mol. The Balaban J connectivity index is 1.77. The summed E-state index contributed by atoms with van der Waals surface area (Å²) in [5.74, 6) is -1.29. The van der Waals surface area contributed by atoms with Gasteiger partial charge >= 0.3 is 0 Å². The average molecular weight is 408 g/mol. The van der Waals surface area contributed by atoms with Crippen LogP contribution in [0.5, 0.6) is 0 Å². The molecule has 1 heterocycles. The van der Waals surface area contributed by atoms with Crippen molar-refractivity contribution in [3.63, 3.8) is 0 Å². The van der Waals surface area contributed by atoms with Crippen LogP contribution in [-0.4, -0.2) is 49.7 Å². The van der Waals surface area contributed by atoms with Gasteiger partial charge in [0.25, 0.3) is 5.91 Å². The third kappa shape index (κ3) is 3.67. The van der Waals surface area contributed by atoms with Crippen molar-refractivity contribution in [2.45, 2.75) is 4.90 Å². The highest BCUT2D eigenvalue weighted by Gasteiger charge is 2.32. The van der Waals surface area contributed by atoms with Crippen molar-refractivity contribution in [1.82, 2.24) is 9.21 Å². The van der Waals surface area contributed by atoms with Crippen molar-refractivity contribution < 1.29 is 17.6 Å². The number of hydrogen-bond acceptors (Lipinski definition) is 4. The largest absolute Gasteiger partial charge is 0.336 e. The number of carbonyl (C=O) groups is 1. The van der Waals surface area contributed by atoms with Crippen LogP contribution in [0.3, 0.4) is 0 Å². The van der Waals surface area contributed by atoms with Crippen LogP contribution < -0.4 is 0 Å². The molecule has 3 rings (SSSR count). The number of nitriles is 1. The Bertz CT molecular complexity index is 1010. The monoisotopic (exact) mass is 407 g/mol. The van der Waals surface area contributed by atoms with Crippen LogP contribution in [0.15, 0.2) is 47.4 Å². The van der Waals surface area contributed by atoms with Gasteiger partial charge in [-0.25, -0.2) is 12.8 Å². The molecule has 1 amide bonds. The zero-order valence-electron chi connectivity index (χ0n) is 14.1. The fraction of sp³-hybridized carbons (Fsp3) is 0.222. The fourth-order valence-corrected chi connectivity index (χ4v) is 4.72. The van der Waals surface area contributed by atoms with Crippen molar-refractivity contribution in [2.24, 2.45) is 0 Å².